The predicted molar refractivity (Wildman–Crippen MR) is 70.0 cm³/mol. The molecule has 0 spiro atoms. The van der Waals surface area contributed by atoms with Crippen molar-refractivity contribution in [2.75, 3.05) is 25.2 Å². The van der Waals surface area contributed by atoms with Crippen LogP contribution >= 0.6 is 0 Å². The Morgan fingerprint density at radius 3 is 2.72 bits per heavy atom. The molecule has 1 heterocycles. The van der Waals surface area contributed by atoms with Crippen molar-refractivity contribution < 1.29 is 18.3 Å². The second-order valence-corrected chi connectivity index (χ2v) is 7.24. The molecule has 1 unspecified atom stereocenters. The summed E-state index contributed by atoms with van der Waals surface area (Å²) >= 11 is 0. The van der Waals surface area contributed by atoms with Crippen LogP contribution in [0, 0.1) is 0 Å². The van der Waals surface area contributed by atoms with Gasteiger partial charge in [0.2, 0.25) is 5.91 Å². The molecule has 1 N–H and O–H groups in total. The molecule has 0 aromatic carbocycles. The Morgan fingerprint density at radius 2 is 2.11 bits per heavy atom. The van der Waals surface area contributed by atoms with Gasteiger partial charge in [-0.3, -0.25) is 4.79 Å². The summed E-state index contributed by atoms with van der Waals surface area (Å²) in [5.41, 5.74) is 0. The van der Waals surface area contributed by atoms with E-state index >= 15 is 0 Å². The molecule has 0 aliphatic carbocycles. The van der Waals surface area contributed by atoms with Gasteiger partial charge in [-0.15, -0.1) is 0 Å². The number of nitrogens with zero attached hydrogens (tertiary/aromatic N) is 1. The van der Waals surface area contributed by atoms with Gasteiger partial charge in [0, 0.05) is 31.9 Å². The number of hydrogen-bond donors (Lipinski definition) is 1. The normalized spacial score (nSPS) is 21.0. The predicted octanol–water partition coefficient (Wildman–Crippen LogP) is 0.575. The van der Waals surface area contributed by atoms with Gasteiger partial charge in [-0.2, -0.15) is 0 Å². The maximum atomic E-state index is 12.0. The van der Waals surface area contributed by atoms with E-state index in [9.17, 15) is 13.2 Å². The number of piperidine rings is 1. The summed E-state index contributed by atoms with van der Waals surface area (Å²) in [6.45, 7) is 0.833. The minimum atomic E-state index is -2.99. The molecule has 6 heteroatoms. The Labute approximate surface area is 109 Å². The Kier molecular flexibility index (Phi) is 6.08. The van der Waals surface area contributed by atoms with Gasteiger partial charge < -0.3 is 10.0 Å². The molecule has 1 rings (SSSR count). The van der Waals surface area contributed by atoms with E-state index in [4.69, 9.17) is 5.11 Å². The number of carbonyl (C=O) groups excluding carboxylic acids is 1. The highest BCUT2D eigenvalue weighted by Gasteiger charge is 2.25. The molecule has 0 bridgehead atoms. The van der Waals surface area contributed by atoms with Crippen molar-refractivity contribution in [3.8, 4) is 0 Å². The Bertz CT molecular complexity index is 364. The van der Waals surface area contributed by atoms with E-state index in [-0.39, 0.29) is 30.7 Å². The Hall–Kier alpha value is -0.620. The van der Waals surface area contributed by atoms with Crippen LogP contribution < -0.4 is 0 Å². The monoisotopic (exact) mass is 277 g/mol. The number of hydrogen-bond acceptors (Lipinski definition) is 4. The van der Waals surface area contributed by atoms with Crippen molar-refractivity contribution in [2.45, 2.75) is 44.6 Å². The zero-order chi connectivity index (χ0) is 13.6. The van der Waals surface area contributed by atoms with Gasteiger partial charge in [0.05, 0.1) is 5.75 Å². The van der Waals surface area contributed by atoms with Crippen LogP contribution in [0.15, 0.2) is 0 Å². The van der Waals surface area contributed by atoms with E-state index in [1.54, 1.807) is 0 Å². The second kappa shape index (κ2) is 7.09. The zero-order valence-electron chi connectivity index (χ0n) is 11.0. The van der Waals surface area contributed by atoms with Crippen LogP contribution in [0.1, 0.15) is 38.5 Å². The maximum Gasteiger partial charge on any atom is 0.222 e. The van der Waals surface area contributed by atoms with Crippen molar-refractivity contribution >= 4 is 15.7 Å². The van der Waals surface area contributed by atoms with Crippen molar-refractivity contribution in [3.05, 3.63) is 0 Å². The number of amides is 1. The summed E-state index contributed by atoms with van der Waals surface area (Å²) < 4.78 is 22.0. The molecule has 0 radical (unpaired) electrons. The molecule has 1 fully saturated rings. The van der Waals surface area contributed by atoms with E-state index in [1.165, 1.54) is 6.26 Å². The first kappa shape index (κ1) is 15.4. The fourth-order valence-electron chi connectivity index (χ4n) is 2.41. The van der Waals surface area contributed by atoms with Crippen LogP contribution in [-0.2, 0) is 14.6 Å². The summed E-state index contributed by atoms with van der Waals surface area (Å²) in [5, 5.41) is 8.98. The lowest BCUT2D eigenvalue weighted by Gasteiger charge is -2.35. The van der Waals surface area contributed by atoms with E-state index in [0.29, 0.717) is 12.8 Å². The van der Waals surface area contributed by atoms with Crippen LogP contribution in [0.5, 0.6) is 0 Å². The van der Waals surface area contributed by atoms with E-state index < -0.39 is 9.84 Å². The largest absolute Gasteiger partial charge is 0.396 e. The van der Waals surface area contributed by atoms with E-state index in [2.05, 4.69) is 0 Å². The average Bonchev–Trinajstić information content (AvgIpc) is 2.28. The minimum Gasteiger partial charge on any atom is -0.396 e. The van der Waals surface area contributed by atoms with Gasteiger partial charge in [-0.25, -0.2) is 8.42 Å². The third-order valence-electron chi connectivity index (χ3n) is 3.32. The van der Waals surface area contributed by atoms with Crippen molar-refractivity contribution in [3.63, 3.8) is 0 Å². The van der Waals surface area contributed by atoms with Crippen LogP contribution in [0.2, 0.25) is 0 Å². The topological polar surface area (TPSA) is 74.7 Å². The molecule has 1 atom stereocenters. The standard InChI is InChI=1S/C12H23NO4S/c1-18(16,17)10-4-6-12(15)13-8-3-2-5-11(13)7-9-14/h11,14H,2-10H2,1H3. The van der Waals surface area contributed by atoms with Crippen molar-refractivity contribution in [1.82, 2.24) is 4.90 Å². The first-order valence-corrected chi connectivity index (χ1v) is 8.58. The number of aliphatic hydroxyl groups excluding tert-OH is 1. The maximum absolute atomic E-state index is 12.0. The van der Waals surface area contributed by atoms with E-state index in [1.807, 2.05) is 4.90 Å². The summed E-state index contributed by atoms with van der Waals surface area (Å²) in [4.78, 5) is 13.8. The molecule has 1 aliphatic rings. The summed E-state index contributed by atoms with van der Waals surface area (Å²) in [6.07, 6.45) is 5.52. The molecule has 106 valence electrons. The van der Waals surface area contributed by atoms with Crippen LogP contribution in [0.3, 0.4) is 0 Å². The third-order valence-corrected chi connectivity index (χ3v) is 4.35. The molecule has 1 amide bonds. The molecule has 0 aromatic rings. The SMILES string of the molecule is CS(=O)(=O)CCCC(=O)N1CCCCC1CCO. The number of aliphatic hydroxyl groups is 1. The molecule has 1 saturated heterocycles. The van der Waals surface area contributed by atoms with Gasteiger partial charge in [-0.1, -0.05) is 0 Å². The molecule has 18 heavy (non-hydrogen) atoms. The fraction of sp³-hybridized carbons (Fsp3) is 0.917. The van der Waals surface area contributed by atoms with Crippen molar-refractivity contribution in [2.24, 2.45) is 0 Å². The highest BCUT2D eigenvalue weighted by molar-refractivity contribution is 7.90. The van der Waals surface area contributed by atoms with Gasteiger partial charge in [0.1, 0.15) is 9.84 Å². The van der Waals surface area contributed by atoms with E-state index in [0.717, 1.165) is 25.8 Å². The quantitative estimate of drug-likeness (QED) is 0.770. The number of rotatable bonds is 6. The fourth-order valence-corrected chi connectivity index (χ4v) is 3.08. The number of carbonyl (C=O) groups is 1. The zero-order valence-corrected chi connectivity index (χ0v) is 11.8. The summed E-state index contributed by atoms with van der Waals surface area (Å²) in [6, 6.07) is 0.134. The van der Waals surface area contributed by atoms with Crippen LogP contribution in [0.25, 0.3) is 0 Å². The molecular weight excluding hydrogens is 254 g/mol. The third kappa shape index (κ3) is 5.35. The highest BCUT2D eigenvalue weighted by Crippen LogP contribution is 2.20. The summed E-state index contributed by atoms with van der Waals surface area (Å²) in [7, 11) is -2.99. The molecular formula is C12H23NO4S. The molecule has 0 aromatic heterocycles. The van der Waals surface area contributed by atoms with Gasteiger partial charge >= 0.3 is 0 Å². The lowest BCUT2D eigenvalue weighted by molar-refractivity contribution is -0.135. The summed E-state index contributed by atoms with van der Waals surface area (Å²) in [5.74, 6) is 0.0915. The lowest BCUT2D eigenvalue weighted by Crippen LogP contribution is -2.44. The van der Waals surface area contributed by atoms with Crippen LogP contribution in [0.4, 0.5) is 0 Å². The van der Waals surface area contributed by atoms with Gasteiger partial charge in [0.15, 0.2) is 0 Å². The first-order chi connectivity index (χ1) is 8.44. The Balaban J connectivity index is 2.43. The molecule has 5 nitrogen and oxygen atoms in total. The van der Waals surface area contributed by atoms with Crippen molar-refractivity contribution in [1.29, 1.82) is 0 Å². The van der Waals surface area contributed by atoms with Gasteiger partial charge in [0.25, 0.3) is 0 Å². The first-order valence-electron chi connectivity index (χ1n) is 6.52. The molecule has 1 aliphatic heterocycles. The van der Waals surface area contributed by atoms with Gasteiger partial charge in [-0.05, 0) is 32.1 Å². The second-order valence-electron chi connectivity index (χ2n) is 4.98. The number of sulfone groups is 1. The Morgan fingerprint density at radius 1 is 1.39 bits per heavy atom. The average molecular weight is 277 g/mol. The highest BCUT2D eigenvalue weighted by atomic mass is 32.2. The molecule has 0 saturated carbocycles. The number of likely N-dealkylation sites (tertiary alicyclic amines) is 1. The lowest BCUT2D eigenvalue weighted by atomic mass is 9.99. The minimum absolute atomic E-state index is 0.0248. The smallest absolute Gasteiger partial charge is 0.222 e. The van der Waals surface area contributed by atoms with Crippen LogP contribution in [-0.4, -0.2) is 55.5 Å².